The number of amides is 1. The molecule has 2 aliphatic rings. The lowest BCUT2D eigenvalue weighted by molar-refractivity contribution is -0.120. The van der Waals surface area contributed by atoms with E-state index in [1.165, 1.54) is 0 Å². The molecule has 1 saturated heterocycles. The van der Waals surface area contributed by atoms with Crippen molar-refractivity contribution in [3.63, 3.8) is 0 Å². The van der Waals surface area contributed by atoms with Gasteiger partial charge in [-0.3, -0.25) is 9.69 Å². The largest absolute Gasteiger partial charge is 0.325 e. The monoisotopic (exact) mass is 336 g/mol. The van der Waals surface area contributed by atoms with Crippen LogP contribution in [0, 0.1) is 0 Å². The van der Waals surface area contributed by atoms with Crippen LogP contribution in [-0.4, -0.2) is 28.9 Å². The fourth-order valence-corrected chi connectivity index (χ4v) is 4.15. The van der Waals surface area contributed by atoms with Crippen molar-refractivity contribution in [1.29, 1.82) is 0 Å². The van der Waals surface area contributed by atoms with Gasteiger partial charge in [0, 0.05) is 28.3 Å². The first kappa shape index (κ1) is 14.1. The van der Waals surface area contributed by atoms with Crippen LogP contribution >= 0.6 is 15.9 Å². The molecular weight excluding hydrogens is 316 g/mol. The van der Waals surface area contributed by atoms with Gasteiger partial charge in [0.15, 0.2) is 0 Å². The molecular formula is C16H21BrN2O. The second kappa shape index (κ2) is 4.31. The highest BCUT2D eigenvalue weighted by atomic mass is 79.9. The van der Waals surface area contributed by atoms with Crippen LogP contribution in [0.5, 0.6) is 0 Å². The van der Waals surface area contributed by atoms with Crippen LogP contribution in [0.15, 0.2) is 22.7 Å². The molecule has 0 saturated carbocycles. The predicted molar refractivity (Wildman–Crippen MR) is 85.0 cm³/mol. The van der Waals surface area contributed by atoms with Gasteiger partial charge in [-0.15, -0.1) is 0 Å². The van der Waals surface area contributed by atoms with E-state index >= 15 is 0 Å². The Morgan fingerprint density at radius 1 is 1.40 bits per heavy atom. The lowest BCUT2D eigenvalue weighted by Gasteiger charge is -2.36. The molecule has 3 nitrogen and oxygen atoms in total. The Balaban J connectivity index is 2.05. The third-order valence-corrected chi connectivity index (χ3v) is 5.15. The Hall–Kier alpha value is -0.870. The number of anilines is 1. The summed E-state index contributed by atoms with van der Waals surface area (Å²) in [5.74, 6) is 0.157. The van der Waals surface area contributed by atoms with E-state index in [9.17, 15) is 4.79 Å². The number of rotatable bonds is 0. The number of carbonyl (C=O) groups is 1. The molecule has 3 rings (SSSR count). The van der Waals surface area contributed by atoms with Crippen LogP contribution < -0.4 is 5.32 Å². The number of nitrogens with zero attached hydrogens (tertiary/aromatic N) is 1. The number of hydrogen-bond donors (Lipinski definition) is 1. The molecule has 0 aromatic heterocycles. The molecule has 1 spiro atoms. The fraction of sp³-hybridized carbons (Fsp3) is 0.562. The molecule has 1 aromatic rings. The Morgan fingerprint density at radius 2 is 2.10 bits per heavy atom. The lowest BCUT2D eigenvalue weighted by Crippen LogP contribution is -2.46. The SMILES string of the molecule is C[C@H]1C[C@@]2(CN1C(C)(C)C)C(=O)Nc1cc(Br)ccc12. The van der Waals surface area contributed by atoms with Crippen molar-refractivity contribution in [3.05, 3.63) is 28.2 Å². The van der Waals surface area contributed by atoms with Crippen molar-refractivity contribution in [2.45, 2.75) is 51.1 Å². The highest BCUT2D eigenvalue weighted by Gasteiger charge is 2.55. The minimum Gasteiger partial charge on any atom is -0.325 e. The zero-order valence-corrected chi connectivity index (χ0v) is 14.0. The molecule has 0 radical (unpaired) electrons. The summed E-state index contributed by atoms with van der Waals surface area (Å²) in [7, 11) is 0. The third kappa shape index (κ3) is 1.92. The fourth-order valence-electron chi connectivity index (χ4n) is 3.79. The molecule has 1 fully saturated rings. The van der Waals surface area contributed by atoms with Gasteiger partial charge in [-0.05, 0) is 51.8 Å². The van der Waals surface area contributed by atoms with Crippen molar-refractivity contribution in [3.8, 4) is 0 Å². The summed E-state index contributed by atoms with van der Waals surface area (Å²) in [6, 6.07) is 6.55. The van der Waals surface area contributed by atoms with E-state index in [-0.39, 0.29) is 16.9 Å². The Bertz CT molecular complexity index is 578. The number of fused-ring (bicyclic) bond motifs is 2. The normalized spacial score (nSPS) is 29.9. The van der Waals surface area contributed by atoms with Gasteiger partial charge < -0.3 is 5.32 Å². The van der Waals surface area contributed by atoms with Gasteiger partial charge in [0.1, 0.15) is 0 Å². The van der Waals surface area contributed by atoms with Crippen LogP contribution in [-0.2, 0) is 10.2 Å². The third-order valence-electron chi connectivity index (χ3n) is 4.66. The summed E-state index contributed by atoms with van der Waals surface area (Å²) in [5, 5.41) is 3.07. The van der Waals surface area contributed by atoms with Crippen LogP contribution in [0.3, 0.4) is 0 Å². The quantitative estimate of drug-likeness (QED) is 0.785. The first-order chi connectivity index (χ1) is 9.24. The smallest absolute Gasteiger partial charge is 0.236 e. The standard InChI is InChI=1S/C16H21BrN2O/c1-10-8-16(9-19(10)15(2,3)4)12-6-5-11(17)7-13(12)18-14(16)20/h5-7,10H,8-9H2,1-4H3,(H,18,20)/t10-,16-/m0/s1. The van der Waals surface area contributed by atoms with Crippen LogP contribution in [0.1, 0.15) is 39.7 Å². The molecule has 0 unspecified atom stereocenters. The number of hydrogen-bond acceptors (Lipinski definition) is 2. The summed E-state index contributed by atoms with van der Waals surface area (Å²) >= 11 is 3.48. The first-order valence-corrected chi connectivity index (χ1v) is 7.91. The number of carbonyl (C=O) groups excluding carboxylic acids is 1. The number of likely N-dealkylation sites (tertiary alicyclic amines) is 1. The van der Waals surface area contributed by atoms with Crippen LogP contribution in [0.25, 0.3) is 0 Å². The van der Waals surface area contributed by atoms with Gasteiger partial charge in [0.2, 0.25) is 5.91 Å². The summed E-state index contributed by atoms with van der Waals surface area (Å²) in [5.41, 5.74) is 1.83. The topological polar surface area (TPSA) is 32.3 Å². The van der Waals surface area contributed by atoms with Gasteiger partial charge in [-0.25, -0.2) is 0 Å². The zero-order valence-electron chi connectivity index (χ0n) is 12.5. The maximum Gasteiger partial charge on any atom is 0.236 e. The second-order valence-electron chi connectivity index (χ2n) is 7.08. The highest BCUT2D eigenvalue weighted by Crippen LogP contribution is 2.48. The van der Waals surface area contributed by atoms with Gasteiger partial charge in [0.05, 0.1) is 5.41 Å². The van der Waals surface area contributed by atoms with E-state index < -0.39 is 0 Å². The van der Waals surface area contributed by atoms with Gasteiger partial charge >= 0.3 is 0 Å². The number of benzene rings is 1. The Kier molecular flexibility index (Phi) is 3.04. The maximum atomic E-state index is 12.6. The van der Waals surface area contributed by atoms with Crippen molar-refractivity contribution in [2.75, 3.05) is 11.9 Å². The molecule has 0 bridgehead atoms. The zero-order chi connectivity index (χ0) is 14.7. The second-order valence-corrected chi connectivity index (χ2v) is 7.99. The molecule has 1 aromatic carbocycles. The summed E-state index contributed by atoms with van der Waals surface area (Å²) in [6.07, 6.45) is 0.894. The molecule has 2 atom stereocenters. The molecule has 2 aliphatic heterocycles. The molecule has 1 amide bonds. The molecule has 20 heavy (non-hydrogen) atoms. The van der Waals surface area contributed by atoms with Crippen molar-refractivity contribution in [1.82, 2.24) is 4.90 Å². The average Bonchev–Trinajstić information content (AvgIpc) is 2.79. The summed E-state index contributed by atoms with van der Waals surface area (Å²) < 4.78 is 1.01. The average molecular weight is 337 g/mol. The van der Waals surface area contributed by atoms with Gasteiger partial charge in [0.25, 0.3) is 0 Å². The predicted octanol–water partition coefficient (Wildman–Crippen LogP) is 3.53. The van der Waals surface area contributed by atoms with E-state index in [0.29, 0.717) is 6.04 Å². The van der Waals surface area contributed by atoms with E-state index in [0.717, 1.165) is 28.7 Å². The van der Waals surface area contributed by atoms with E-state index in [1.54, 1.807) is 0 Å². The van der Waals surface area contributed by atoms with E-state index in [4.69, 9.17) is 0 Å². The molecule has 2 heterocycles. The minimum atomic E-state index is -0.372. The molecule has 1 N–H and O–H groups in total. The van der Waals surface area contributed by atoms with E-state index in [1.807, 2.05) is 12.1 Å². The van der Waals surface area contributed by atoms with Gasteiger partial charge in [-0.1, -0.05) is 22.0 Å². The number of halogens is 1. The first-order valence-electron chi connectivity index (χ1n) is 7.12. The summed E-state index contributed by atoms with van der Waals surface area (Å²) in [6.45, 7) is 9.69. The summed E-state index contributed by atoms with van der Waals surface area (Å²) in [4.78, 5) is 15.1. The van der Waals surface area contributed by atoms with Crippen LogP contribution in [0.4, 0.5) is 5.69 Å². The Morgan fingerprint density at radius 3 is 2.70 bits per heavy atom. The molecule has 108 valence electrons. The van der Waals surface area contributed by atoms with Crippen molar-refractivity contribution in [2.24, 2.45) is 0 Å². The maximum absolute atomic E-state index is 12.6. The van der Waals surface area contributed by atoms with Gasteiger partial charge in [-0.2, -0.15) is 0 Å². The molecule has 4 heteroatoms. The lowest BCUT2D eigenvalue weighted by atomic mass is 9.80. The Labute approximate surface area is 128 Å². The van der Waals surface area contributed by atoms with Crippen molar-refractivity contribution < 1.29 is 4.79 Å². The number of nitrogens with one attached hydrogen (secondary N) is 1. The van der Waals surface area contributed by atoms with E-state index in [2.05, 4.69) is 59.9 Å². The minimum absolute atomic E-state index is 0.0846. The van der Waals surface area contributed by atoms with Crippen molar-refractivity contribution >= 4 is 27.5 Å². The highest BCUT2D eigenvalue weighted by molar-refractivity contribution is 9.10. The van der Waals surface area contributed by atoms with Crippen LogP contribution in [0.2, 0.25) is 0 Å². The molecule has 0 aliphatic carbocycles.